The van der Waals surface area contributed by atoms with Crippen molar-refractivity contribution in [1.29, 1.82) is 0 Å². The Labute approximate surface area is 132 Å². The summed E-state index contributed by atoms with van der Waals surface area (Å²) in [6.07, 6.45) is 1.40. The van der Waals surface area contributed by atoms with Gasteiger partial charge in [-0.3, -0.25) is 4.79 Å². The fourth-order valence-corrected chi connectivity index (χ4v) is 2.98. The predicted molar refractivity (Wildman–Crippen MR) is 79.8 cm³/mol. The van der Waals surface area contributed by atoms with E-state index in [0.717, 1.165) is 12.0 Å². The summed E-state index contributed by atoms with van der Waals surface area (Å²) in [6, 6.07) is 7.07. The summed E-state index contributed by atoms with van der Waals surface area (Å²) < 4.78 is 18.9. The van der Waals surface area contributed by atoms with E-state index in [4.69, 9.17) is 9.52 Å². The van der Waals surface area contributed by atoms with Gasteiger partial charge < -0.3 is 14.8 Å². The minimum atomic E-state index is -1.23. The number of carboxylic acids is 1. The lowest BCUT2D eigenvalue weighted by molar-refractivity contribution is 0.0659. The number of benzene rings is 1. The van der Waals surface area contributed by atoms with Gasteiger partial charge in [-0.05, 0) is 48.1 Å². The maximum Gasteiger partial charge on any atom is 0.371 e. The van der Waals surface area contributed by atoms with E-state index in [2.05, 4.69) is 5.32 Å². The lowest BCUT2D eigenvalue weighted by atomic mass is 9.80. The van der Waals surface area contributed by atoms with Crippen LogP contribution in [0.2, 0.25) is 0 Å². The molecule has 1 aromatic carbocycles. The number of hydrogen-bond acceptors (Lipinski definition) is 3. The number of carboxylic acid groups (broad SMARTS) is 1. The van der Waals surface area contributed by atoms with Gasteiger partial charge in [-0.1, -0.05) is 19.1 Å². The average molecular weight is 317 g/mol. The first-order chi connectivity index (χ1) is 11.0. The van der Waals surface area contributed by atoms with Gasteiger partial charge in [0.25, 0.3) is 5.91 Å². The van der Waals surface area contributed by atoms with Crippen LogP contribution < -0.4 is 5.32 Å². The van der Waals surface area contributed by atoms with E-state index in [-0.39, 0.29) is 29.3 Å². The lowest BCUT2D eigenvalue weighted by Crippen LogP contribution is -2.35. The van der Waals surface area contributed by atoms with Crippen LogP contribution in [-0.4, -0.2) is 17.0 Å². The van der Waals surface area contributed by atoms with Crippen molar-refractivity contribution in [3.05, 3.63) is 58.8 Å². The summed E-state index contributed by atoms with van der Waals surface area (Å²) in [6.45, 7) is 1.99. The normalized spacial score (nSPS) is 19.9. The molecule has 0 bridgehead atoms. The molecule has 0 saturated carbocycles. The summed E-state index contributed by atoms with van der Waals surface area (Å²) in [4.78, 5) is 23.1. The molecule has 1 heterocycles. The summed E-state index contributed by atoms with van der Waals surface area (Å²) in [5, 5.41) is 11.7. The van der Waals surface area contributed by atoms with Crippen molar-refractivity contribution < 1.29 is 23.5 Å². The highest BCUT2D eigenvalue weighted by atomic mass is 19.1. The molecule has 0 radical (unpaired) electrons. The van der Waals surface area contributed by atoms with Gasteiger partial charge in [0.05, 0.1) is 6.04 Å². The van der Waals surface area contributed by atoms with E-state index >= 15 is 0 Å². The maximum atomic E-state index is 13.9. The predicted octanol–water partition coefficient (Wildman–Crippen LogP) is 3.17. The first kappa shape index (κ1) is 15.3. The number of carbonyl (C=O) groups is 2. The second kappa shape index (κ2) is 5.87. The number of carbonyl (C=O) groups excluding carboxylic acids is 1. The van der Waals surface area contributed by atoms with E-state index in [1.54, 1.807) is 6.07 Å². The molecule has 1 aliphatic carbocycles. The number of rotatable bonds is 3. The maximum absolute atomic E-state index is 13.9. The molecule has 0 spiro atoms. The Balaban J connectivity index is 1.86. The number of amides is 1. The van der Waals surface area contributed by atoms with Gasteiger partial charge >= 0.3 is 5.97 Å². The van der Waals surface area contributed by atoms with E-state index in [1.807, 2.05) is 13.0 Å². The average Bonchev–Trinajstić information content (AvgIpc) is 3.00. The van der Waals surface area contributed by atoms with E-state index < -0.39 is 11.9 Å². The highest BCUT2D eigenvalue weighted by molar-refractivity contribution is 5.93. The first-order valence-electron chi connectivity index (χ1n) is 7.38. The third-order valence-corrected chi connectivity index (χ3v) is 4.24. The van der Waals surface area contributed by atoms with Gasteiger partial charge in [-0.2, -0.15) is 0 Å². The molecule has 2 atom stereocenters. The second-order valence-electron chi connectivity index (χ2n) is 5.74. The highest BCUT2D eigenvalue weighted by Gasteiger charge is 2.30. The summed E-state index contributed by atoms with van der Waals surface area (Å²) in [5.41, 5.74) is 1.39. The van der Waals surface area contributed by atoms with Crippen LogP contribution in [-0.2, 0) is 6.42 Å². The van der Waals surface area contributed by atoms with Gasteiger partial charge in [0.15, 0.2) is 5.76 Å². The Morgan fingerprint density at radius 1 is 1.26 bits per heavy atom. The molecule has 1 amide bonds. The molecule has 2 unspecified atom stereocenters. The zero-order valence-corrected chi connectivity index (χ0v) is 12.5. The van der Waals surface area contributed by atoms with Crippen molar-refractivity contribution in [2.45, 2.75) is 25.8 Å². The zero-order chi connectivity index (χ0) is 16.6. The Hall–Kier alpha value is -2.63. The molecule has 6 heteroatoms. The Morgan fingerprint density at radius 3 is 2.70 bits per heavy atom. The summed E-state index contributed by atoms with van der Waals surface area (Å²) in [7, 11) is 0. The van der Waals surface area contributed by atoms with Gasteiger partial charge in [0.2, 0.25) is 5.76 Å². The van der Waals surface area contributed by atoms with Crippen molar-refractivity contribution in [2.24, 2.45) is 5.92 Å². The van der Waals surface area contributed by atoms with Crippen molar-refractivity contribution >= 4 is 11.9 Å². The van der Waals surface area contributed by atoms with Crippen LogP contribution in [0.4, 0.5) is 4.39 Å². The third kappa shape index (κ3) is 2.84. The minimum Gasteiger partial charge on any atom is -0.475 e. The molecule has 23 heavy (non-hydrogen) atoms. The van der Waals surface area contributed by atoms with Crippen LogP contribution in [0, 0.1) is 11.7 Å². The van der Waals surface area contributed by atoms with Gasteiger partial charge in [0.1, 0.15) is 5.82 Å². The van der Waals surface area contributed by atoms with Crippen molar-refractivity contribution in [3.8, 4) is 0 Å². The first-order valence-corrected chi connectivity index (χ1v) is 7.38. The van der Waals surface area contributed by atoms with Crippen LogP contribution in [0.5, 0.6) is 0 Å². The highest BCUT2D eigenvalue weighted by Crippen LogP contribution is 2.35. The fraction of sp³-hybridized carbons (Fsp3) is 0.294. The fourth-order valence-electron chi connectivity index (χ4n) is 2.98. The standard InChI is InChI=1S/C17H16FNO4/c1-9-5-6-10-11(3-2-4-12(10)18)15(9)19-16(20)13-7-8-14(23-13)17(21)22/h2-4,7-9,15H,5-6H2,1H3,(H,19,20)(H,21,22). The third-order valence-electron chi connectivity index (χ3n) is 4.24. The van der Waals surface area contributed by atoms with Crippen LogP contribution in [0.1, 0.15) is 51.6 Å². The van der Waals surface area contributed by atoms with Gasteiger partial charge in [0, 0.05) is 0 Å². The van der Waals surface area contributed by atoms with Crippen molar-refractivity contribution in [1.82, 2.24) is 5.32 Å². The smallest absolute Gasteiger partial charge is 0.371 e. The van der Waals surface area contributed by atoms with Crippen molar-refractivity contribution in [2.75, 3.05) is 0 Å². The van der Waals surface area contributed by atoms with Crippen molar-refractivity contribution in [3.63, 3.8) is 0 Å². The molecule has 3 rings (SSSR count). The molecule has 2 N–H and O–H groups in total. The molecular weight excluding hydrogens is 301 g/mol. The lowest BCUT2D eigenvalue weighted by Gasteiger charge is -2.32. The molecular formula is C17H16FNO4. The number of nitrogens with one attached hydrogen (secondary N) is 1. The molecule has 120 valence electrons. The Morgan fingerprint density at radius 2 is 2.00 bits per heavy atom. The molecule has 2 aromatic rings. The summed E-state index contributed by atoms with van der Waals surface area (Å²) in [5.74, 6) is -2.23. The van der Waals surface area contributed by atoms with Crippen LogP contribution in [0.15, 0.2) is 34.7 Å². The molecule has 1 aliphatic rings. The molecule has 0 fully saturated rings. The molecule has 1 aromatic heterocycles. The largest absolute Gasteiger partial charge is 0.475 e. The van der Waals surface area contributed by atoms with Crippen LogP contribution in [0.3, 0.4) is 0 Å². The number of halogens is 1. The monoisotopic (exact) mass is 317 g/mol. The SMILES string of the molecule is CC1CCc2c(F)cccc2C1NC(=O)c1ccc(C(=O)O)o1. The minimum absolute atomic E-state index is 0.0712. The quantitative estimate of drug-likeness (QED) is 0.911. The van der Waals surface area contributed by atoms with Gasteiger partial charge in [-0.25, -0.2) is 9.18 Å². The molecule has 5 nitrogen and oxygen atoms in total. The van der Waals surface area contributed by atoms with Crippen LogP contribution >= 0.6 is 0 Å². The van der Waals surface area contributed by atoms with Gasteiger partial charge in [-0.15, -0.1) is 0 Å². The van der Waals surface area contributed by atoms with Crippen LogP contribution in [0.25, 0.3) is 0 Å². The molecule has 0 aliphatic heterocycles. The zero-order valence-electron chi connectivity index (χ0n) is 12.5. The Bertz CT molecular complexity index is 768. The van der Waals surface area contributed by atoms with E-state index in [1.165, 1.54) is 18.2 Å². The molecule has 0 saturated heterocycles. The topological polar surface area (TPSA) is 79.5 Å². The second-order valence-corrected chi connectivity index (χ2v) is 5.74. The number of fused-ring (bicyclic) bond motifs is 1. The number of hydrogen-bond donors (Lipinski definition) is 2. The van der Waals surface area contributed by atoms with E-state index in [9.17, 15) is 14.0 Å². The number of aromatic carboxylic acids is 1. The number of furan rings is 1. The Kier molecular flexibility index (Phi) is 3.90. The summed E-state index contributed by atoms with van der Waals surface area (Å²) >= 11 is 0. The van der Waals surface area contributed by atoms with E-state index in [0.29, 0.717) is 12.0 Å².